The van der Waals surface area contributed by atoms with Crippen LogP contribution in [0, 0.1) is 11.3 Å². The number of nitriles is 1. The molecule has 0 aliphatic carbocycles. The Morgan fingerprint density at radius 1 is 0.962 bits per heavy atom. The van der Waals surface area contributed by atoms with Crippen LogP contribution in [0.25, 0.3) is 0 Å². The van der Waals surface area contributed by atoms with E-state index in [0.29, 0.717) is 58.1 Å². The molecule has 26 heavy (non-hydrogen) atoms. The summed E-state index contributed by atoms with van der Waals surface area (Å²) in [5.74, 6) is 0. The molecule has 154 valence electrons. The van der Waals surface area contributed by atoms with Gasteiger partial charge in [0.05, 0.1) is 58.2 Å². The molecule has 0 radical (unpaired) electrons. The molecule has 0 heterocycles. The van der Waals surface area contributed by atoms with E-state index in [1.165, 1.54) is 0 Å². The molecule has 0 aliphatic heterocycles. The van der Waals surface area contributed by atoms with E-state index in [2.05, 4.69) is 45.4 Å². The highest BCUT2D eigenvalue weighted by Gasteiger charge is 2.28. The summed E-state index contributed by atoms with van der Waals surface area (Å²) < 4.78 is 30.4. The third-order valence-corrected chi connectivity index (χ3v) is 5.58. The molecule has 0 amide bonds. The van der Waals surface area contributed by atoms with Crippen molar-refractivity contribution in [2.75, 3.05) is 46.8 Å². The maximum atomic E-state index is 8.75. The highest BCUT2D eigenvalue weighted by molar-refractivity contribution is 7.44. The molecule has 0 rings (SSSR count). The van der Waals surface area contributed by atoms with E-state index in [-0.39, 0.29) is 6.10 Å². The zero-order chi connectivity index (χ0) is 19.8. The molecule has 0 saturated heterocycles. The lowest BCUT2D eigenvalue weighted by atomic mass is 10.3. The van der Waals surface area contributed by atoms with Crippen molar-refractivity contribution >= 4 is 8.53 Å². The summed E-state index contributed by atoms with van der Waals surface area (Å²) in [6.45, 7) is 13.6. The Morgan fingerprint density at radius 3 is 2.15 bits per heavy atom. The summed E-state index contributed by atoms with van der Waals surface area (Å²) in [5.41, 5.74) is 0. The zero-order valence-electron chi connectivity index (χ0n) is 17.3. The molecule has 0 aromatic rings. The quantitative estimate of drug-likeness (QED) is 0.276. The monoisotopic (exact) mass is 392 g/mol. The van der Waals surface area contributed by atoms with Gasteiger partial charge in [-0.3, -0.25) is 0 Å². The maximum absolute atomic E-state index is 8.75. The van der Waals surface area contributed by atoms with Gasteiger partial charge in [0.2, 0.25) is 0 Å². The van der Waals surface area contributed by atoms with Crippen molar-refractivity contribution in [1.29, 1.82) is 5.26 Å². The number of rotatable bonds is 17. The third-order valence-electron chi connectivity index (χ3n) is 3.50. The largest absolute Gasteiger partial charge is 0.382 e. The van der Waals surface area contributed by atoms with Crippen LogP contribution in [0.1, 0.15) is 47.5 Å². The summed E-state index contributed by atoms with van der Waals surface area (Å²) in [7, 11) is 0.427. The predicted octanol–water partition coefficient (Wildman–Crippen LogP) is 3.74. The van der Waals surface area contributed by atoms with E-state index < -0.39 is 8.53 Å². The predicted molar refractivity (Wildman–Crippen MR) is 104 cm³/mol. The van der Waals surface area contributed by atoms with Crippen molar-refractivity contribution in [3.05, 3.63) is 0 Å². The van der Waals surface area contributed by atoms with Crippen LogP contribution in [0.4, 0.5) is 0 Å². The Kier molecular flexibility index (Phi) is 16.6. The fraction of sp³-hybridized carbons (Fsp3) is 0.944. The van der Waals surface area contributed by atoms with Gasteiger partial charge in [-0.2, -0.15) is 5.26 Å². The lowest BCUT2D eigenvalue weighted by Gasteiger charge is -2.36. The summed E-state index contributed by atoms with van der Waals surface area (Å²) in [4.78, 5) is 0. The van der Waals surface area contributed by atoms with E-state index in [1.54, 1.807) is 7.11 Å². The van der Waals surface area contributed by atoms with Crippen molar-refractivity contribution in [3.8, 4) is 6.07 Å². The number of nitrogens with zero attached hydrogens (tertiary/aromatic N) is 2. The lowest BCUT2D eigenvalue weighted by molar-refractivity contribution is -0.0249. The molecule has 1 unspecified atom stereocenters. The van der Waals surface area contributed by atoms with Crippen LogP contribution in [-0.2, 0) is 23.3 Å². The minimum absolute atomic E-state index is 0.00762. The second kappa shape index (κ2) is 16.8. The Bertz CT molecular complexity index is 358. The van der Waals surface area contributed by atoms with Crippen LogP contribution in [0.3, 0.4) is 0 Å². The standard InChI is InChI=1S/C18H37N2O5P/c1-7-18(23-14-13-22-12-11-21-6)15-25-26(24-10-8-9-19)20(16(2)3)17(4)5/h16-18H,7-8,10-15H2,1-6H3/t18-,26?/m0/s1. The van der Waals surface area contributed by atoms with Gasteiger partial charge in [-0.25, -0.2) is 4.67 Å². The van der Waals surface area contributed by atoms with Gasteiger partial charge in [-0.1, -0.05) is 6.92 Å². The van der Waals surface area contributed by atoms with Crippen molar-refractivity contribution in [2.24, 2.45) is 0 Å². The maximum Gasteiger partial charge on any atom is 0.259 e. The van der Waals surface area contributed by atoms with Crippen LogP contribution in [0.2, 0.25) is 0 Å². The van der Waals surface area contributed by atoms with E-state index >= 15 is 0 Å². The molecule has 0 aromatic heterocycles. The topological polar surface area (TPSA) is 73.2 Å². The minimum Gasteiger partial charge on any atom is -0.382 e. The van der Waals surface area contributed by atoms with Gasteiger partial charge in [0.25, 0.3) is 8.53 Å². The highest BCUT2D eigenvalue weighted by Crippen LogP contribution is 2.46. The fourth-order valence-electron chi connectivity index (χ4n) is 2.26. The highest BCUT2D eigenvalue weighted by atomic mass is 31.2. The summed E-state index contributed by atoms with van der Waals surface area (Å²) in [5, 5.41) is 8.75. The number of hydrogen-bond donors (Lipinski definition) is 0. The van der Waals surface area contributed by atoms with Gasteiger partial charge < -0.3 is 23.3 Å². The van der Waals surface area contributed by atoms with Crippen molar-refractivity contribution in [3.63, 3.8) is 0 Å². The van der Waals surface area contributed by atoms with Crippen LogP contribution < -0.4 is 0 Å². The van der Waals surface area contributed by atoms with Gasteiger partial charge in [0, 0.05) is 19.2 Å². The average molecular weight is 392 g/mol. The molecule has 2 atom stereocenters. The van der Waals surface area contributed by atoms with E-state index in [4.69, 9.17) is 28.5 Å². The van der Waals surface area contributed by atoms with Crippen LogP contribution in [0.5, 0.6) is 0 Å². The first kappa shape index (κ1) is 25.7. The molecule has 0 fully saturated rings. The van der Waals surface area contributed by atoms with Crippen molar-refractivity contribution in [1.82, 2.24) is 4.67 Å². The molecule has 0 spiro atoms. The summed E-state index contributed by atoms with van der Waals surface area (Å²) >= 11 is 0. The SMILES string of the molecule is CC[C@@H](COP(OCCC#N)N(C(C)C)C(C)C)OCCOCCOC. The second-order valence-electron chi connectivity index (χ2n) is 6.35. The molecule has 7 nitrogen and oxygen atoms in total. The fourth-order valence-corrected chi connectivity index (χ4v) is 3.90. The lowest BCUT2D eigenvalue weighted by Crippen LogP contribution is -2.34. The Hall–Kier alpha value is -0.320. The molecule has 0 bridgehead atoms. The average Bonchev–Trinajstić information content (AvgIpc) is 2.59. The number of hydrogen-bond acceptors (Lipinski definition) is 7. The molecule has 0 saturated carbocycles. The summed E-state index contributed by atoms with van der Waals surface area (Å²) in [6, 6.07) is 2.69. The normalized spacial score (nSPS) is 14.2. The van der Waals surface area contributed by atoms with Gasteiger partial charge >= 0.3 is 0 Å². The van der Waals surface area contributed by atoms with Crippen molar-refractivity contribution in [2.45, 2.75) is 65.6 Å². The van der Waals surface area contributed by atoms with Gasteiger partial charge in [-0.05, 0) is 34.1 Å². The Labute approximate surface area is 160 Å². The second-order valence-corrected chi connectivity index (χ2v) is 7.80. The molecular formula is C18H37N2O5P. The molecule has 0 aromatic carbocycles. The van der Waals surface area contributed by atoms with Gasteiger partial charge in [0.15, 0.2) is 0 Å². The van der Waals surface area contributed by atoms with E-state index in [9.17, 15) is 0 Å². The Morgan fingerprint density at radius 2 is 1.62 bits per heavy atom. The van der Waals surface area contributed by atoms with Crippen LogP contribution in [0.15, 0.2) is 0 Å². The smallest absolute Gasteiger partial charge is 0.259 e. The summed E-state index contributed by atoms with van der Waals surface area (Å²) in [6.07, 6.45) is 1.20. The van der Waals surface area contributed by atoms with Crippen molar-refractivity contribution < 1.29 is 23.3 Å². The first-order valence-electron chi connectivity index (χ1n) is 9.37. The number of methoxy groups -OCH3 is 1. The molecule has 8 heteroatoms. The van der Waals surface area contributed by atoms with E-state index in [1.807, 2.05) is 0 Å². The molecule has 0 aliphatic rings. The first-order chi connectivity index (χ1) is 12.5. The first-order valence-corrected chi connectivity index (χ1v) is 10.5. The third kappa shape index (κ3) is 12.1. The Balaban J connectivity index is 4.45. The van der Waals surface area contributed by atoms with Crippen LogP contribution in [-0.4, -0.2) is 69.6 Å². The van der Waals surface area contributed by atoms with Gasteiger partial charge in [0.1, 0.15) is 0 Å². The molecule has 0 N–H and O–H groups in total. The minimum atomic E-state index is -1.23. The van der Waals surface area contributed by atoms with E-state index in [0.717, 1.165) is 6.42 Å². The molecular weight excluding hydrogens is 355 g/mol. The van der Waals surface area contributed by atoms with Crippen LogP contribution >= 0.6 is 8.53 Å². The number of ether oxygens (including phenoxy) is 3. The zero-order valence-corrected chi connectivity index (χ0v) is 18.2. The van der Waals surface area contributed by atoms with Gasteiger partial charge in [-0.15, -0.1) is 0 Å².